The second kappa shape index (κ2) is 13.4. The van der Waals surface area contributed by atoms with Gasteiger partial charge in [-0.2, -0.15) is 0 Å². The number of para-hydroxylation sites is 6. The molecule has 0 saturated heterocycles. The maximum absolute atomic E-state index is 10.3. The Balaban J connectivity index is 1.07. The summed E-state index contributed by atoms with van der Waals surface area (Å²) >= 11 is 0. The number of aromatic nitrogens is 3. The number of rotatable bonds is 4. The van der Waals surface area contributed by atoms with Crippen LogP contribution in [-0.4, -0.2) is 20.6 Å². The summed E-state index contributed by atoms with van der Waals surface area (Å²) in [6.45, 7) is -2.08. The topological polar surface area (TPSA) is 33.2 Å². The van der Waals surface area contributed by atoms with Crippen molar-refractivity contribution >= 4 is 83.3 Å². The number of benzene rings is 10. The largest absolute Gasteiger partial charge is 0.551 e. The van der Waals surface area contributed by atoms with Gasteiger partial charge < -0.3 is 23.1 Å². The van der Waals surface area contributed by atoms with E-state index in [-0.39, 0.29) is 0 Å². The lowest BCUT2D eigenvalue weighted by Crippen LogP contribution is -2.53. The Hall–Kier alpha value is -8.74. The van der Waals surface area contributed by atoms with E-state index in [9.17, 15) is 24.7 Å². The van der Waals surface area contributed by atoms with Gasteiger partial charge >= 0.3 is 6.92 Å². The Labute approximate surface area is 430 Å². The van der Waals surface area contributed by atoms with Crippen molar-refractivity contribution in [3.8, 4) is 56.6 Å². The molecule has 66 heavy (non-hydrogen) atoms. The highest BCUT2D eigenvalue weighted by molar-refractivity contribution is 6.84. The van der Waals surface area contributed by atoms with Crippen LogP contribution < -0.4 is 20.3 Å². The van der Waals surface area contributed by atoms with Gasteiger partial charge in [0.1, 0.15) is 17.2 Å². The van der Waals surface area contributed by atoms with Crippen molar-refractivity contribution in [1.82, 2.24) is 13.7 Å². The van der Waals surface area contributed by atoms with Crippen molar-refractivity contribution in [2.45, 2.75) is 0 Å². The molecule has 6 heteroatoms. The first kappa shape index (κ1) is 15.8. The van der Waals surface area contributed by atoms with Crippen molar-refractivity contribution in [3.63, 3.8) is 0 Å². The van der Waals surface area contributed by atoms with Crippen molar-refractivity contribution in [2.75, 3.05) is 0 Å². The molecular formula is C60H36BN3O2. The molecule has 5 heterocycles. The molecule has 3 aromatic heterocycles. The molecule has 0 saturated carbocycles. The average Bonchev–Trinajstić information content (AvgIpc) is 1.31. The van der Waals surface area contributed by atoms with E-state index in [1.165, 1.54) is 0 Å². The van der Waals surface area contributed by atoms with Gasteiger partial charge in [0.25, 0.3) is 0 Å². The molecular weight excluding hydrogens is 805 g/mol. The third-order valence-electron chi connectivity index (χ3n) is 11.4. The third-order valence-corrected chi connectivity index (χ3v) is 11.4. The molecule has 0 aliphatic carbocycles. The summed E-state index contributed by atoms with van der Waals surface area (Å²) in [5, 5.41) is -3.48. The van der Waals surface area contributed by atoms with Crippen LogP contribution in [0.2, 0.25) is 0 Å². The molecule has 10 aromatic carbocycles. The van der Waals surface area contributed by atoms with Gasteiger partial charge in [-0.1, -0.05) is 133 Å². The quantitative estimate of drug-likeness (QED) is 0.165. The van der Waals surface area contributed by atoms with E-state index in [0.717, 1.165) is 4.57 Å². The fourth-order valence-electron chi connectivity index (χ4n) is 8.68. The first-order valence-corrected chi connectivity index (χ1v) is 19.7. The first-order chi connectivity index (χ1) is 47.8. The molecule has 0 amide bonds. The van der Waals surface area contributed by atoms with Gasteiger partial charge in [0, 0.05) is 66.2 Å². The molecule has 0 atom stereocenters. The molecule has 306 valence electrons. The fraction of sp³-hybridized carbons (Fsp3) is 0. The Morgan fingerprint density at radius 2 is 0.848 bits per heavy atom. The van der Waals surface area contributed by atoms with E-state index in [1.54, 1.807) is 0 Å². The molecule has 13 aromatic rings. The van der Waals surface area contributed by atoms with Crippen LogP contribution in [0.5, 0.6) is 17.2 Å². The Kier molecular flexibility index (Phi) is 3.20. The molecule has 0 bridgehead atoms. The lowest BCUT2D eigenvalue weighted by atomic mass is 9.50. The summed E-state index contributed by atoms with van der Waals surface area (Å²) in [5.41, 5.74) is -11.1. The average molecular weight is 878 g/mol. The van der Waals surface area contributed by atoms with Crippen LogP contribution in [0.1, 0.15) is 49.3 Å². The summed E-state index contributed by atoms with van der Waals surface area (Å²) in [5.74, 6) is -2.53. The van der Waals surface area contributed by atoms with Crippen molar-refractivity contribution < 1.29 is 58.7 Å². The van der Waals surface area contributed by atoms with Crippen molar-refractivity contribution in [1.29, 1.82) is 0 Å². The predicted octanol–water partition coefficient (Wildman–Crippen LogP) is 13.9. The number of ether oxygens (including phenoxy) is 1. The molecule has 2 aliphatic rings. The van der Waals surface area contributed by atoms with Crippen LogP contribution in [0.4, 0.5) is 0 Å². The second-order valence-corrected chi connectivity index (χ2v) is 14.8. The highest BCUT2D eigenvalue weighted by atomic mass is 16.5. The summed E-state index contributed by atoms with van der Waals surface area (Å²) < 4.78 is 348. The van der Waals surface area contributed by atoms with Crippen LogP contribution in [0.25, 0.3) is 105 Å². The van der Waals surface area contributed by atoms with Gasteiger partial charge in [0.05, 0.1) is 88.1 Å². The van der Waals surface area contributed by atoms with Gasteiger partial charge in [-0.3, -0.25) is 0 Å². The summed E-state index contributed by atoms with van der Waals surface area (Å²) in [6.07, 6.45) is 0. The molecule has 0 fully saturated rings. The van der Waals surface area contributed by atoms with Crippen LogP contribution in [0.15, 0.2) is 218 Å². The normalized spacial score (nSPS) is 20.4. The van der Waals surface area contributed by atoms with E-state index in [0.29, 0.717) is 9.13 Å². The zero-order valence-electron chi connectivity index (χ0n) is 68.7. The predicted molar refractivity (Wildman–Crippen MR) is 272 cm³/mol. The number of hydrogen-bond donors (Lipinski definition) is 0. The molecule has 15 rings (SSSR count). The summed E-state index contributed by atoms with van der Waals surface area (Å²) in [6, 6.07) is -34.5. The molecule has 0 spiro atoms. The Bertz CT molecular complexity index is 6200. The Morgan fingerprint density at radius 3 is 1.48 bits per heavy atom. The molecule has 0 unspecified atom stereocenters. The summed E-state index contributed by atoms with van der Waals surface area (Å²) in [4.78, 5) is 0. The van der Waals surface area contributed by atoms with Gasteiger partial charge in [-0.25, -0.2) is 0 Å². The SMILES string of the molecule is [2H]c1c([2H])c([2H])c2c(c1[2H])OB1c3c([2H])c([2H])c(-c4c([2H])c([2H])c([2H])c(-n5c6c([2H])c([2H])c([2H])c([2H])c6c6c([2H])c([2H])c([2H])c([2H])c65)c4[2H])c([2H])c3Oc3c([2H])c(-n4c5c([2H])c([2H])c([2H])c([2H])c5c5c([2H])c(-n6c7c([2H])c([2H])c([2H])c([2H])c7c7c([2H])c([2H])c([2H])c([2H])c76)c([2H])c([2H])c54)c([2H])c-2c31. The number of hydrogen-bond acceptors (Lipinski definition) is 2. The van der Waals surface area contributed by atoms with Crippen LogP contribution in [0, 0.1) is 0 Å². The molecule has 2 aliphatic heterocycles. The summed E-state index contributed by atoms with van der Waals surface area (Å²) in [7, 11) is 0. The fourth-order valence-corrected chi connectivity index (χ4v) is 8.68. The molecule has 0 N–H and O–H groups in total. The van der Waals surface area contributed by atoms with Gasteiger partial charge in [-0.15, -0.1) is 0 Å². The van der Waals surface area contributed by atoms with Crippen molar-refractivity contribution in [3.05, 3.63) is 218 Å². The van der Waals surface area contributed by atoms with E-state index >= 15 is 0 Å². The minimum atomic E-state index is -2.08. The first-order valence-electron chi connectivity index (χ1n) is 37.7. The zero-order valence-corrected chi connectivity index (χ0v) is 32.7. The second-order valence-electron chi connectivity index (χ2n) is 14.8. The van der Waals surface area contributed by atoms with E-state index in [2.05, 4.69) is 0 Å². The number of fused-ring (bicyclic) bond motifs is 13. The minimum Gasteiger partial charge on any atom is -0.551 e. The third kappa shape index (κ3) is 4.95. The minimum absolute atomic E-state index is 0.516. The van der Waals surface area contributed by atoms with E-state index in [4.69, 9.17) is 34.1 Å². The smallest absolute Gasteiger partial charge is 0.434 e. The van der Waals surface area contributed by atoms with Crippen molar-refractivity contribution in [2.24, 2.45) is 0 Å². The lowest BCUT2D eigenvalue weighted by molar-refractivity contribution is 0.479. The maximum atomic E-state index is 10.3. The number of nitrogens with zero attached hydrogens (tertiary/aromatic N) is 3. The van der Waals surface area contributed by atoms with E-state index < -0.39 is 357 Å². The van der Waals surface area contributed by atoms with Gasteiger partial charge in [0.15, 0.2) is 0 Å². The van der Waals surface area contributed by atoms with E-state index in [1.807, 2.05) is 0 Å². The highest BCUT2D eigenvalue weighted by Gasteiger charge is 2.41. The van der Waals surface area contributed by atoms with Gasteiger partial charge in [-0.05, 0) is 95.2 Å². The highest BCUT2D eigenvalue weighted by Crippen LogP contribution is 2.44. The van der Waals surface area contributed by atoms with Gasteiger partial charge in [0.2, 0.25) is 0 Å². The lowest BCUT2D eigenvalue weighted by Gasteiger charge is -2.33. The zero-order chi connectivity index (χ0) is 74.4. The van der Waals surface area contributed by atoms with Crippen LogP contribution in [-0.2, 0) is 0 Å². The Morgan fingerprint density at radius 1 is 0.333 bits per heavy atom. The standard InChI is InChI=1S/C60H36BN3O2/c1-7-22-51-42(16-1)43-17-2-8-23-52(43)62(51)39-15-13-14-37(32-39)38-28-30-50-58(33-38)65-59-36-41(35-49-47-21-6-12-27-57(47)66-61(50)60(49)59)64-55-26-11-5-20-46(55)48-34-40(29-31-56(48)64)63-53-24-9-3-18-44(53)45-19-4-10-25-54(45)63/h1-36H/i1D,2D,3D,4D,5D,6D,7D,8D,9D,10D,11D,12D,13D,14D,15D,16D,17D,18D,19D,20D,21D,22D,23D,24D,25D,26D,27D,28D,29D,30D,31D,32D,33D,34D,35D,36D. The monoisotopic (exact) mass is 878 g/mol. The van der Waals surface area contributed by atoms with Crippen LogP contribution >= 0.6 is 0 Å². The molecule has 0 radical (unpaired) electrons. The molecule has 5 nitrogen and oxygen atoms in total. The maximum Gasteiger partial charge on any atom is 0.434 e. The van der Waals surface area contributed by atoms with Crippen LogP contribution in [0.3, 0.4) is 0 Å².